The van der Waals surface area contributed by atoms with Crippen LogP contribution in [0.25, 0.3) is 0 Å². The summed E-state index contributed by atoms with van der Waals surface area (Å²) in [4.78, 5) is 20.7. The summed E-state index contributed by atoms with van der Waals surface area (Å²) in [6.45, 7) is 1.06. The Labute approximate surface area is 75.4 Å². The zero-order chi connectivity index (χ0) is 9.26. The molecule has 0 saturated heterocycles. The van der Waals surface area contributed by atoms with Crippen molar-refractivity contribution < 1.29 is 9.53 Å². The van der Waals surface area contributed by atoms with E-state index >= 15 is 0 Å². The van der Waals surface area contributed by atoms with Crippen molar-refractivity contribution in [3.63, 3.8) is 0 Å². The van der Waals surface area contributed by atoms with E-state index in [0.717, 1.165) is 11.3 Å². The second-order valence-corrected chi connectivity index (χ2v) is 2.82. The highest BCUT2D eigenvalue weighted by Gasteiger charge is 2.24. The molecule has 0 bridgehead atoms. The first-order valence-electron chi connectivity index (χ1n) is 3.92. The summed E-state index contributed by atoms with van der Waals surface area (Å²) >= 11 is 0. The molecular weight excluding hydrogens is 170 g/mol. The van der Waals surface area contributed by atoms with Gasteiger partial charge in [0.1, 0.15) is 6.33 Å². The van der Waals surface area contributed by atoms with Gasteiger partial charge in [-0.2, -0.15) is 0 Å². The lowest BCUT2D eigenvalue weighted by molar-refractivity contribution is 0.123. The number of rotatable bonds is 0. The molecule has 1 aromatic rings. The van der Waals surface area contributed by atoms with Crippen LogP contribution in [-0.4, -0.2) is 28.1 Å². The normalized spacial score (nSPS) is 14.1. The minimum absolute atomic E-state index is 0.321. The summed E-state index contributed by atoms with van der Waals surface area (Å²) in [6.07, 6.45) is 2.89. The first kappa shape index (κ1) is 7.97. The van der Waals surface area contributed by atoms with E-state index in [1.165, 1.54) is 13.4 Å². The fourth-order valence-electron chi connectivity index (χ4n) is 1.36. The molecule has 0 radical (unpaired) electrons. The fraction of sp³-hybridized carbons (Fsp3) is 0.375. The van der Waals surface area contributed by atoms with Gasteiger partial charge in [0.15, 0.2) is 0 Å². The Morgan fingerprint density at radius 2 is 2.46 bits per heavy atom. The minimum atomic E-state index is -0.321. The van der Waals surface area contributed by atoms with Gasteiger partial charge >= 0.3 is 6.09 Å². The monoisotopic (exact) mass is 179 g/mol. The van der Waals surface area contributed by atoms with Gasteiger partial charge in [0.05, 0.1) is 25.9 Å². The second-order valence-electron chi connectivity index (χ2n) is 2.82. The van der Waals surface area contributed by atoms with Crippen molar-refractivity contribution in [2.24, 2.45) is 0 Å². The summed E-state index contributed by atoms with van der Waals surface area (Å²) in [5.74, 6) is 0. The summed E-state index contributed by atoms with van der Waals surface area (Å²) in [6, 6.07) is 0. The van der Waals surface area contributed by atoms with E-state index in [-0.39, 0.29) is 6.09 Å². The lowest BCUT2D eigenvalue weighted by Crippen LogP contribution is -2.24. The lowest BCUT2D eigenvalue weighted by Gasteiger charge is -2.11. The van der Waals surface area contributed by atoms with Crippen molar-refractivity contribution in [3.8, 4) is 0 Å². The first-order valence-corrected chi connectivity index (χ1v) is 3.92. The lowest BCUT2D eigenvalue weighted by atomic mass is 10.3. The third-order valence-electron chi connectivity index (χ3n) is 2.02. The molecule has 0 N–H and O–H groups in total. The minimum Gasteiger partial charge on any atom is -0.453 e. The van der Waals surface area contributed by atoms with Crippen LogP contribution in [0.4, 0.5) is 4.79 Å². The predicted octanol–water partition coefficient (Wildman–Crippen LogP) is 0.559. The number of nitrogens with zero attached hydrogens (tertiary/aromatic N) is 3. The van der Waals surface area contributed by atoms with Crippen LogP contribution in [0.15, 0.2) is 12.5 Å². The van der Waals surface area contributed by atoms with Crippen LogP contribution in [0.1, 0.15) is 11.3 Å². The molecule has 0 unspecified atom stereocenters. The van der Waals surface area contributed by atoms with Gasteiger partial charge in [0, 0.05) is 11.8 Å². The molecule has 2 heterocycles. The van der Waals surface area contributed by atoms with Gasteiger partial charge in [-0.3, -0.25) is 4.90 Å². The molecule has 0 aliphatic carbocycles. The largest absolute Gasteiger partial charge is 0.453 e. The van der Waals surface area contributed by atoms with E-state index in [0.29, 0.717) is 13.1 Å². The summed E-state index contributed by atoms with van der Waals surface area (Å²) in [7, 11) is 1.37. The highest BCUT2D eigenvalue weighted by Crippen LogP contribution is 2.19. The topological polar surface area (TPSA) is 55.3 Å². The molecule has 0 spiro atoms. The standard InChI is InChI=1S/C8H9N3O2/c1-13-8(12)11-3-6-2-9-5-10-7(6)4-11/h2,5H,3-4H2,1H3. The predicted molar refractivity (Wildman–Crippen MR) is 43.7 cm³/mol. The molecule has 1 aromatic heterocycles. The van der Waals surface area contributed by atoms with Crippen molar-refractivity contribution in [2.45, 2.75) is 13.1 Å². The molecule has 2 rings (SSSR count). The van der Waals surface area contributed by atoms with E-state index in [2.05, 4.69) is 14.7 Å². The van der Waals surface area contributed by atoms with E-state index in [1.807, 2.05) is 0 Å². The van der Waals surface area contributed by atoms with Gasteiger partial charge in [-0.15, -0.1) is 0 Å². The Hall–Kier alpha value is -1.65. The van der Waals surface area contributed by atoms with Crippen LogP contribution in [0.5, 0.6) is 0 Å². The number of aromatic nitrogens is 2. The van der Waals surface area contributed by atoms with Crippen LogP contribution in [0.3, 0.4) is 0 Å². The Kier molecular flexibility index (Phi) is 1.84. The molecule has 1 aliphatic rings. The summed E-state index contributed by atoms with van der Waals surface area (Å²) < 4.78 is 4.60. The molecule has 13 heavy (non-hydrogen) atoms. The SMILES string of the molecule is COC(=O)N1Cc2cncnc2C1. The molecule has 0 aromatic carbocycles. The van der Waals surface area contributed by atoms with Crippen molar-refractivity contribution in [1.82, 2.24) is 14.9 Å². The Morgan fingerprint density at radius 3 is 3.15 bits per heavy atom. The van der Waals surface area contributed by atoms with Crippen LogP contribution in [0, 0.1) is 0 Å². The molecule has 1 aliphatic heterocycles. The Bertz CT molecular complexity index is 315. The summed E-state index contributed by atoms with van der Waals surface area (Å²) in [5, 5.41) is 0. The Balaban J connectivity index is 2.18. The third-order valence-corrected chi connectivity index (χ3v) is 2.02. The van der Waals surface area contributed by atoms with Crippen molar-refractivity contribution in [2.75, 3.05) is 7.11 Å². The Morgan fingerprint density at radius 1 is 1.62 bits per heavy atom. The average Bonchev–Trinajstić information content (AvgIpc) is 2.59. The van der Waals surface area contributed by atoms with Gasteiger partial charge in [0.25, 0.3) is 0 Å². The molecule has 0 atom stereocenters. The van der Waals surface area contributed by atoms with Crippen LogP contribution in [-0.2, 0) is 17.8 Å². The number of methoxy groups -OCH3 is 1. The number of carbonyl (C=O) groups excluding carboxylic acids is 1. The molecule has 0 fully saturated rings. The molecular formula is C8H9N3O2. The molecule has 0 saturated carbocycles. The van der Waals surface area contributed by atoms with Crippen LogP contribution < -0.4 is 0 Å². The molecule has 1 amide bonds. The van der Waals surface area contributed by atoms with Gasteiger partial charge in [-0.25, -0.2) is 14.8 Å². The first-order chi connectivity index (χ1) is 6.31. The number of carbonyl (C=O) groups is 1. The number of hydrogen-bond donors (Lipinski definition) is 0. The highest BCUT2D eigenvalue weighted by molar-refractivity contribution is 5.68. The maximum atomic E-state index is 11.1. The molecule has 5 heteroatoms. The number of ether oxygens (including phenoxy) is 1. The maximum Gasteiger partial charge on any atom is 0.410 e. The number of hydrogen-bond acceptors (Lipinski definition) is 4. The van der Waals surface area contributed by atoms with Gasteiger partial charge in [-0.1, -0.05) is 0 Å². The van der Waals surface area contributed by atoms with E-state index < -0.39 is 0 Å². The third kappa shape index (κ3) is 1.32. The number of amides is 1. The highest BCUT2D eigenvalue weighted by atomic mass is 16.5. The zero-order valence-electron chi connectivity index (χ0n) is 7.23. The van der Waals surface area contributed by atoms with Crippen molar-refractivity contribution >= 4 is 6.09 Å². The smallest absolute Gasteiger partial charge is 0.410 e. The van der Waals surface area contributed by atoms with Gasteiger partial charge in [-0.05, 0) is 0 Å². The van der Waals surface area contributed by atoms with Crippen molar-refractivity contribution in [1.29, 1.82) is 0 Å². The number of fused-ring (bicyclic) bond motifs is 1. The van der Waals surface area contributed by atoms with Crippen molar-refractivity contribution in [3.05, 3.63) is 23.8 Å². The summed E-state index contributed by atoms with van der Waals surface area (Å²) in [5.41, 5.74) is 1.90. The van der Waals surface area contributed by atoms with Gasteiger partial charge < -0.3 is 4.74 Å². The zero-order valence-corrected chi connectivity index (χ0v) is 7.23. The quantitative estimate of drug-likeness (QED) is 0.583. The van der Waals surface area contributed by atoms with Gasteiger partial charge in [0.2, 0.25) is 0 Å². The average molecular weight is 179 g/mol. The van der Waals surface area contributed by atoms with E-state index in [9.17, 15) is 4.79 Å². The maximum absolute atomic E-state index is 11.1. The second kappa shape index (κ2) is 3.01. The van der Waals surface area contributed by atoms with E-state index in [4.69, 9.17) is 0 Å². The van der Waals surface area contributed by atoms with Crippen LogP contribution in [0.2, 0.25) is 0 Å². The van der Waals surface area contributed by atoms with Crippen LogP contribution >= 0.6 is 0 Å². The molecule has 68 valence electrons. The van der Waals surface area contributed by atoms with E-state index in [1.54, 1.807) is 11.1 Å². The fourth-order valence-corrected chi connectivity index (χ4v) is 1.36. The molecule has 5 nitrogen and oxygen atoms in total.